The Hall–Kier alpha value is -1.06. The van der Waals surface area contributed by atoms with Crippen LogP contribution >= 0.6 is 0 Å². The van der Waals surface area contributed by atoms with Crippen LogP contribution in [0.3, 0.4) is 0 Å². The molecule has 116 valence electrons. The molecule has 4 nitrogen and oxygen atoms in total. The Morgan fingerprint density at radius 2 is 1.85 bits per heavy atom. The number of piperazine rings is 1. The molecule has 1 N–H and O–H groups in total. The Kier molecular flexibility index (Phi) is 5.60. The first-order chi connectivity index (χ1) is 9.23. The van der Waals surface area contributed by atoms with Crippen LogP contribution in [0.4, 0.5) is 0 Å². The van der Waals surface area contributed by atoms with E-state index in [0.717, 1.165) is 19.3 Å². The summed E-state index contributed by atoms with van der Waals surface area (Å²) in [6.07, 6.45) is 2.87. The largest absolute Gasteiger partial charge is 0.342 e. The van der Waals surface area contributed by atoms with Gasteiger partial charge >= 0.3 is 0 Å². The van der Waals surface area contributed by atoms with Gasteiger partial charge in [0.1, 0.15) is 12.1 Å². The third-order valence-corrected chi connectivity index (χ3v) is 4.22. The summed E-state index contributed by atoms with van der Waals surface area (Å²) in [7, 11) is 0. The number of nitrogens with one attached hydrogen (secondary N) is 1. The summed E-state index contributed by atoms with van der Waals surface area (Å²) in [6, 6.07) is -0.718. The van der Waals surface area contributed by atoms with Crippen molar-refractivity contribution < 1.29 is 9.59 Å². The molecule has 20 heavy (non-hydrogen) atoms. The van der Waals surface area contributed by atoms with Gasteiger partial charge in [0.05, 0.1) is 0 Å². The topological polar surface area (TPSA) is 49.4 Å². The standard InChI is InChI=1S/C16H30N2O2/c1-7-9-10-18-12(11(3)8-2)14(19)17-13(15(18)20)16(4,5)6/h11-13H,7-10H2,1-6H3,(H,17,19). The molecule has 0 aliphatic carbocycles. The zero-order valence-electron chi connectivity index (χ0n) is 13.8. The van der Waals surface area contributed by atoms with Gasteiger partial charge in [-0.25, -0.2) is 0 Å². The highest BCUT2D eigenvalue weighted by Crippen LogP contribution is 2.28. The van der Waals surface area contributed by atoms with Gasteiger partial charge in [-0.2, -0.15) is 0 Å². The van der Waals surface area contributed by atoms with Crippen LogP contribution in [0.15, 0.2) is 0 Å². The van der Waals surface area contributed by atoms with Crippen molar-refractivity contribution in [2.24, 2.45) is 11.3 Å². The van der Waals surface area contributed by atoms with Gasteiger partial charge < -0.3 is 10.2 Å². The van der Waals surface area contributed by atoms with Crippen molar-refractivity contribution in [1.82, 2.24) is 10.2 Å². The van der Waals surface area contributed by atoms with E-state index in [1.807, 2.05) is 32.6 Å². The van der Waals surface area contributed by atoms with Gasteiger partial charge in [-0.1, -0.05) is 54.4 Å². The number of carbonyl (C=O) groups is 2. The Morgan fingerprint density at radius 1 is 1.25 bits per heavy atom. The van der Waals surface area contributed by atoms with Crippen molar-refractivity contribution in [3.63, 3.8) is 0 Å². The van der Waals surface area contributed by atoms with E-state index >= 15 is 0 Å². The molecule has 0 spiro atoms. The van der Waals surface area contributed by atoms with Crippen molar-refractivity contribution >= 4 is 11.8 Å². The zero-order chi connectivity index (χ0) is 15.5. The fourth-order valence-electron chi connectivity index (χ4n) is 2.69. The normalized spacial score (nSPS) is 25.6. The second-order valence-corrected chi connectivity index (χ2v) is 7.02. The maximum atomic E-state index is 12.8. The van der Waals surface area contributed by atoms with Crippen molar-refractivity contribution in [1.29, 1.82) is 0 Å². The Balaban J connectivity index is 3.04. The summed E-state index contributed by atoms with van der Waals surface area (Å²) in [5.74, 6) is 0.280. The summed E-state index contributed by atoms with van der Waals surface area (Å²) in [5, 5.41) is 2.95. The van der Waals surface area contributed by atoms with E-state index in [2.05, 4.69) is 19.2 Å². The summed E-state index contributed by atoms with van der Waals surface area (Å²) in [5.41, 5.74) is -0.252. The lowest BCUT2D eigenvalue weighted by atomic mass is 9.82. The molecule has 1 fully saturated rings. The molecule has 1 saturated heterocycles. The van der Waals surface area contributed by atoms with Crippen LogP contribution in [0.2, 0.25) is 0 Å². The van der Waals surface area contributed by atoms with Gasteiger partial charge in [0.25, 0.3) is 0 Å². The molecule has 1 aliphatic heterocycles. The highest BCUT2D eigenvalue weighted by molar-refractivity contribution is 5.97. The van der Waals surface area contributed by atoms with Crippen LogP contribution in [0, 0.1) is 11.3 Å². The number of unbranched alkanes of at least 4 members (excludes halogenated alkanes) is 1. The first kappa shape index (κ1) is 17.0. The number of carbonyl (C=O) groups excluding carboxylic acids is 2. The van der Waals surface area contributed by atoms with Crippen molar-refractivity contribution in [2.75, 3.05) is 6.54 Å². The molecule has 0 bridgehead atoms. The third kappa shape index (κ3) is 3.53. The Bertz CT molecular complexity index is 360. The molecular weight excluding hydrogens is 252 g/mol. The number of rotatable bonds is 5. The van der Waals surface area contributed by atoms with Crippen LogP contribution in [0.25, 0.3) is 0 Å². The van der Waals surface area contributed by atoms with E-state index in [0.29, 0.717) is 6.54 Å². The van der Waals surface area contributed by atoms with E-state index in [1.165, 1.54) is 0 Å². The number of nitrogens with zero attached hydrogens (tertiary/aromatic N) is 1. The molecule has 1 heterocycles. The zero-order valence-corrected chi connectivity index (χ0v) is 13.8. The first-order valence-electron chi connectivity index (χ1n) is 7.84. The lowest BCUT2D eigenvalue weighted by Crippen LogP contribution is -2.68. The molecule has 3 atom stereocenters. The van der Waals surface area contributed by atoms with Crippen LogP contribution in [-0.4, -0.2) is 35.3 Å². The molecule has 0 aromatic carbocycles. The molecule has 0 radical (unpaired) electrons. The predicted octanol–water partition coefficient (Wildman–Crippen LogP) is 2.57. The highest BCUT2D eigenvalue weighted by atomic mass is 16.2. The van der Waals surface area contributed by atoms with E-state index in [9.17, 15) is 9.59 Å². The Labute approximate surface area is 123 Å². The maximum Gasteiger partial charge on any atom is 0.246 e. The van der Waals surface area contributed by atoms with E-state index in [4.69, 9.17) is 0 Å². The van der Waals surface area contributed by atoms with Gasteiger partial charge in [0, 0.05) is 6.54 Å². The molecule has 3 unspecified atom stereocenters. The van der Waals surface area contributed by atoms with E-state index in [1.54, 1.807) is 0 Å². The third-order valence-electron chi connectivity index (χ3n) is 4.22. The molecule has 4 heteroatoms. The fourth-order valence-corrected chi connectivity index (χ4v) is 2.69. The predicted molar refractivity (Wildman–Crippen MR) is 81.2 cm³/mol. The molecule has 2 amide bonds. The first-order valence-corrected chi connectivity index (χ1v) is 7.84. The van der Waals surface area contributed by atoms with Crippen molar-refractivity contribution in [3.8, 4) is 0 Å². The SMILES string of the molecule is CCCCN1C(=O)C(C(C)(C)C)NC(=O)C1C(C)CC. The minimum absolute atomic E-state index is 0.00924. The van der Waals surface area contributed by atoms with Crippen molar-refractivity contribution in [3.05, 3.63) is 0 Å². The average Bonchev–Trinajstić information content (AvgIpc) is 2.36. The van der Waals surface area contributed by atoms with Gasteiger partial charge in [-0.3, -0.25) is 9.59 Å². The Morgan fingerprint density at radius 3 is 2.30 bits per heavy atom. The van der Waals surface area contributed by atoms with Gasteiger partial charge in [-0.05, 0) is 17.8 Å². The van der Waals surface area contributed by atoms with E-state index < -0.39 is 6.04 Å². The second-order valence-electron chi connectivity index (χ2n) is 7.02. The summed E-state index contributed by atoms with van der Waals surface area (Å²) in [6.45, 7) is 12.9. The minimum Gasteiger partial charge on any atom is -0.342 e. The quantitative estimate of drug-likeness (QED) is 0.842. The van der Waals surface area contributed by atoms with Crippen LogP contribution in [0.1, 0.15) is 60.8 Å². The molecule has 1 aliphatic rings. The summed E-state index contributed by atoms with van der Waals surface area (Å²) >= 11 is 0. The summed E-state index contributed by atoms with van der Waals surface area (Å²) in [4.78, 5) is 27.1. The van der Waals surface area contributed by atoms with E-state index in [-0.39, 0.29) is 29.2 Å². The molecule has 1 rings (SSSR count). The number of hydrogen-bond acceptors (Lipinski definition) is 2. The van der Waals surface area contributed by atoms with Gasteiger partial charge in [-0.15, -0.1) is 0 Å². The summed E-state index contributed by atoms with van der Waals surface area (Å²) < 4.78 is 0. The van der Waals surface area contributed by atoms with Crippen LogP contribution in [0.5, 0.6) is 0 Å². The molecule has 0 aromatic rings. The lowest BCUT2D eigenvalue weighted by Gasteiger charge is -2.45. The van der Waals surface area contributed by atoms with Crippen LogP contribution < -0.4 is 5.32 Å². The average molecular weight is 282 g/mol. The highest BCUT2D eigenvalue weighted by Gasteiger charge is 2.46. The molecule has 0 aromatic heterocycles. The number of amides is 2. The fraction of sp³-hybridized carbons (Fsp3) is 0.875. The second kappa shape index (κ2) is 6.59. The molecule has 0 saturated carbocycles. The van der Waals surface area contributed by atoms with Gasteiger partial charge in [0.2, 0.25) is 11.8 Å². The van der Waals surface area contributed by atoms with Crippen LogP contribution in [-0.2, 0) is 9.59 Å². The smallest absolute Gasteiger partial charge is 0.246 e. The molecular formula is C16H30N2O2. The minimum atomic E-state index is -0.410. The van der Waals surface area contributed by atoms with Crippen molar-refractivity contribution in [2.45, 2.75) is 72.9 Å². The number of hydrogen-bond donors (Lipinski definition) is 1. The van der Waals surface area contributed by atoms with Gasteiger partial charge in [0.15, 0.2) is 0 Å². The maximum absolute atomic E-state index is 12.8. The monoisotopic (exact) mass is 282 g/mol. The lowest BCUT2D eigenvalue weighted by molar-refractivity contribution is -0.154.